The monoisotopic (exact) mass is 223 g/mol. The van der Waals surface area contributed by atoms with Gasteiger partial charge in [0.05, 0.1) is 0 Å². The Kier molecular flexibility index (Phi) is 163. The molecule has 0 amide bonds. The Morgan fingerprint density at radius 3 is 0.750 bits per heavy atom. The summed E-state index contributed by atoms with van der Waals surface area (Å²) < 4.78 is 0. The molecule has 0 unspecified atom stereocenters. The Morgan fingerprint density at radius 2 is 0.750 bits per heavy atom. The third-order valence-corrected chi connectivity index (χ3v) is 0. The van der Waals surface area contributed by atoms with Crippen LogP contribution in [0.3, 0.4) is 0 Å². The summed E-state index contributed by atoms with van der Waals surface area (Å²) in [5, 5.41) is 0. The van der Waals surface area contributed by atoms with E-state index in [1.165, 1.54) is 0 Å². The van der Waals surface area contributed by atoms with Crippen LogP contribution in [0.25, 0.3) is 0 Å². The maximum absolute atomic E-state index is 0. The normalized spacial score (nSPS) is 0. The first-order valence-electron chi connectivity index (χ1n) is 0. The van der Waals surface area contributed by atoms with Crippen molar-refractivity contribution in [3.63, 3.8) is 0 Å². The molecule has 0 aromatic heterocycles. The molecule has 0 atom stereocenters. The first-order valence-corrected chi connectivity index (χ1v) is 0. The van der Waals surface area contributed by atoms with Gasteiger partial charge in [-0.15, -0.1) is 0 Å². The van der Waals surface area contributed by atoms with E-state index in [4.69, 9.17) is 0 Å². The minimum Gasteiger partial charge on any atom is 0 e. The molecule has 0 aliphatic heterocycles. The van der Waals surface area contributed by atoms with Crippen molar-refractivity contribution in [1.29, 1.82) is 0 Å². The molecule has 0 aromatic carbocycles. The molecular formula is CoNi2Ti. The predicted molar refractivity (Wildman–Crippen MR) is 0 cm³/mol. The molecule has 0 saturated heterocycles. The molecule has 0 heterocycles. The van der Waals surface area contributed by atoms with Gasteiger partial charge in [0, 0.05) is 71.5 Å². The van der Waals surface area contributed by atoms with Crippen LogP contribution in [0.1, 0.15) is 0 Å². The molecule has 0 rings (SSSR count). The van der Waals surface area contributed by atoms with Gasteiger partial charge in [0.1, 0.15) is 0 Å². The van der Waals surface area contributed by atoms with Crippen molar-refractivity contribution in [2.24, 2.45) is 0 Å². The molecule has 0 spiro atoms. The summed E-state index contributed by atoms with van der Waals surface area (Å²) in [5.41, 5.74) is 0. The smallest absolute Gasteiger partial charge is 0 e. The number of hydrogen-bond donors (Lipinski definition) is 0. The number of rotatable bonds is 0. The zero-order chi connectivity index (χ0) is 0. The fraction of sp³-hybridized carbons (Fsp3) is 0. The van der Waals surface area contributed by atoms with Gasteiger partial charge in [0.15, 0.2) is 0 Å². The molecule has 0 fully saturated rings. The van der Waals surface area contributed by atoms with Gasteiger partial charge in [0.2, 0.25) is 0 Å². The average Bonchev–Trinajstić information content (AvgIpc) is 0. The van der Waals surface area contributed by atoms with Crippen LogP contribution >= 0.6 is 0 Å². The zero-order valence-electron chi connectivity index (χ0n) is 1.47. The molecule has 0 saturated carbocycles. The largest absolute Gasteiger partial charge is 0 e. The van der Waals surface area contributed by atoms with Gasteiger partial charge in [-0.2, -0.15) is 0 Å². The molecule has 4 heteroatoms. The van der Waals surface area contributed by atoms with E-state index in [-0.39, 0.29) is 71.5 Å². The maximum atomic E-state index is 0. The van der Waals surface area contributed by atoms with Crippen LogP contribution in [0.2, 0.25) is 0 Å². The Labute approximate surface area is 70.8 Å². The minimum absolute atomic E-state index is 0. The average molecular weight is 224 g/mol. The van der Waals surface area contributed by atoms with E-state index in [9.17, 15) is 0 Å². The molecule has 1 radical (unpaired) electrons. The Hall–Kier alpha value is 2.21. The minimum atomic E-state index is 0. The standard InChI is InChI=1S/Co.2Ni.Ti. The van der Waals surface area contributed by atoms with Crippen LogP contribution in [-0.2, 0) is 71.5 Å². The Morgan fingerprint density at radius 1 is 0.750 bits per heavy atom. The first kappa shape index (κ1) is 34.5. The van der Waals surface area contributed by atoms with Crippen LogP contribution < -0.4 is 0 Å². The van der Waals surface area contributed by atoms with Crippen molar-refractivity contribution >= 4 is 0 Å². The van der Waals surface area contributed by atoms with E-state index in [0.29, 0.717) is 0 Å². The molecule has 0 aliphatic carbocycles. The predicted octanol–water partition coefficient (Wildman–Crippen LogP) is -0.0100. The molecule has 0 bridgehead atoms. The van der Waals surface area contributed by atoms with E-state index < -0.39 is 0 Å². The summed E-state index contributed by atoms with van der Waals surface area (Å²) in [6.07, 6.45) is 0. The Balaban J connectivity index is 0. The van der Waals surface area contributed by atoms with Crippen LogP contribution in [0, 0.1) is 0 Å². The summed E-state index contributed by atoms with van der Waals surface area (Å²) in [6, 6.07) is 0. The maximum Gasteiger partial charge on any atom is 0 e. The summed E-state index contributed by atoms with van der Waals surface area (Å²) in [5.74, 6) is 0. The van der Waals surface area contributed by atoms with E-state index >= 15 is 0 Å². The van der Waals surface area contributed by atoms with E-state index in [2.05, 4.69) is 0 Å². The quantitative estimate of drug-likeness (QED) is 0.508. The fourth-order valence-corrected chi connectivity index (χ4v) is 0. The van der Waals surface area contributed by atoms with Crippen LogP contribution in [0.5, 0.6) is 0 Å². The van der Waals surface area contributed by atoms with Crippen molar-refractivity contribution in [2.45, 2.75) is 0 Å². The van der Waals surface area contributed by atoms with Crippen LogP contribution in [0.4, 0.5) is 0 Å². The topological polar surface area (TPSA) is 0 Å². The van der Waals surface area contributed by atoms with Gasteiger partial charge < -0.3 is 0 Å². The Bertz CT molecular complexity index is 6.00. The van der Waals surface area contributed by atoms with Crippen molar-refractivity contribution in [2.75, 3.05) is 0 Å². The van der Waals surface area contributed by atoms with Crippen LogP contribution in [0.15, 0.2) is 0 Å². The number of hydrogen-bond acceptors (Lipinski definition) is 0. The molecule has 33 valence electrons. The summed E-state index contributed by atoms with van der Waals surface area (Å²) >= 11 is 0. The second kappa shape index (κ2) is 18.9. The van der Waals surface area contributed by atoms with E-state index in [1.54, 1.807) is 0 Å². The van der Waals surface area contributed by atoms with Crippen molar-refractivity contribution < 1.29 is 71.5 Å². The molecule has 4 heavy (non-hydrogen) atoms. The second-order valence-electron chi connectivity index (χ2n) is 0. The van der Waals surface area contributed by atoms with E-state index in [1.807, 2.05) is 0 Å². The molecule has 0 aromatic rings. The summed E-state index contributed by atoms with van der Waals surface area (Å²) in [4.78, 5) is 0. The van der Waals surface area contributed by atoms with Gasteiger partial charge in [0.25, 0.3) is 0 Å². The van der Waals surface area contributed by atoms with Gasteiger partial charge in [-0.1, -0.05) is 0 Å². The van der Waals surface area contributed by atoms with E-state index in [0.717, 1.165) is 0 Å². The fourth-order valence-electron chi connectivity index (χ4n) is 0. The molecular weight excluding hydrogens is 224 g/mol. The summed E-state index contributed by atoms with van der Waals surface area (Å²) in [7, 11) is 0. The SMILES string of the molecule is [Co].[Ni].[Ni].[Ti]. The summed E-state index contributed by atoms with van der Waals surface area (Å²) in [6.45, 7) is 0. The van der Waals surface area contributed by atoms with Crippen LogP contribution in [-0.4, -0.2) is 0 Å². The first-order chi connectivity index (χ1) is 0. The van der Waals surface area contributed by atoms with Gasteiger partial charge in [-0.3, -0.25) is 0 Å². The van der Waals surface area contributed by atoms with Crippen molar-refractivity contribution in [3.05, 3.63) is 0 Å². The van der Waals surface area contributed by atoms with Gasteiger partial charge in [-0.05, 0) is 0 Å². The molecule has 0 N–H and O–H groups in total. The van der Waals surface area contributed by atoms with Crippen molar-refractivity contribution in [3.8, 4) is 0 Å². The zero-order valence-corrected chi connectivity index (χ0v) is 6.04. The van der Waals surface area contributed by atoms with Gasteiger partial charge >= 0.3 is 0 Å². The second-order valence-corrected chi connectivity index (χ2v) is 0. The molecule has 0 aliphatic rings. The van der Waals surface area contributed by atoms with Gasteiger partial charge in [-0.25, -0.2) is 0 Å². The third kappa shape index (κ3) is 8.88. The van der Waals surface area contributed by atoms with Crippen molar-refractivity contribution in [1.82, 2.24) is 0 Å². The molecule has 0 nitrogen and oxygen atoms in total. The third-order valence-electron chi connectivity index (χ3n) is 0.